The molecule has 8 heteroatoms. The molecule has 0 radical (unpaired) electrons. The first-order valence-electron chi connectivity index (χ1n) is 7.37. The van der Waals surface area contributed by atoms with Gasteiger partial charge in [-0.25, -0.2) is 9.78 Å². The third kappa shape index (κ3) is 3.01. The number of aryl methyl sites for hydroxylation is 2. The van der Waals surface area contributed by atoms with Gasteiger partial charge in [0.25, 0.3) is 5.56 Å². The van der Waals surface area contributed by atoms with E-state index in [1.807, 2.05) is 0 Å². The molecule has 2 heterocycles. The van der Waals surface area contributed by atoms with Gasteiger partial charge in [0.2, 0.25) is 0 Å². The van der Waals surface area contributed by atoms with Crippen molar-refractivity contribution in [2.24, 2.45) is 20.0 Å². The highest BCUT2D eigenvalue weighted by Gasteiger charge is 2.19. The molecule has 0 aliphatic heterocycles. The first kappa shape index (κ1) is 16.9. The number of carbonyl (C=O) groups is 2. The normalized spacial score (nSPS) is 11.3. The predicted octanol–water partition coefficient (Wildman–Crippen LogP) is 0.00810. The van der Waals surface area contributed by atoms with Gasteiger partial charge in [-0.1, -0.05) is 0 Å². The summed E-state index contributed by atoms with van der Waals surface area (Å²) < 4.78 is 4.02. The fourth-order valence-electron chi connectivity index (χ4n) is 2.73. The molecule has 0 bridgehead atoms. The molecule has 23 heavy (non-hydrogen) atoms. The molecule has 0 atom stereocenters. The first-order valence-corrected chi connectivity index (χ1v) is 7.37. The molecule has 8 nitrogen and oxygen atoms in total. The smallest absolute Gasteiger partial charge is 0.325 e. The maximum Gasteiger partial charge on any atom is 0.332 e. The topological polar surface area (TPSA) is 96.0 Å². The SMILES string of the molecule is CC(=O)C(CCCn1cnc2c1c(=O)n(C)c(=O)n2C)C(C)=O. The van der Waals surface area contributed by atoms with Crippen molar-refractivity contribution in [1.82, 2.24) is 18.7 Å². The minimum absolute atomic E-state index is 0.147. The minimum Gasteiger partial charge on any atom is -0.325 e. The van der Waals surface area contributed by atoms with E-state index in [9.17, 15) is 19.2 Å². The third-order valence-corrected chi connectivity index (χ3v) is 4.09. The van der Waals surface area contributed by atoms with Gasteiger partial charge in [-0.3, -0.25) is 23.5 Å². The van der Waals surface area contributed by atoms with Crippen molar-refractivity contribution in [3.8, 4) is 0 Å². The molecule has 0 N–H and O–H groups in total. The molecule has 0 fully saturated rings. The van der Waals surface area contributed by atoms with Crippen LogP contribution in [0.25, 0.3) is 11.2 Å². The Morgan fingerprint density at radius 2 is 1.74 bits per heavy atom. The van der Waals surface area contributed by atoms with Crippen molar-refractivity contribution in [3.05, 3.63) is 27.2 Å². The second-order valence-corrected chi connectivity index (χ2v) is 5.73. The lowest BCUT2D eigenvalue weighted by Gasteiger charge is -2.10. The Kier molecular flexibility index (Phi) is 4.63. The highest BCUT2D eigenvalue weighted by molar-refractivity contribution is 6.00. The molecule has 0 aromatic carbocycles. The van der Waals surface area contributed by atoms with Crippen LogP contribution in [0.2, 0.25) is 0 Å². The number of Topliss-reactive ketones (excluding diaryl/α,β-unsaturated/α-hetero) is 2. The van der Waals surface area contributed by atoms with Crippen LogP contribution in [-0.4, -0.2) is 30.3 Å². The van der Waals surface area contributed by atoms with E-state index in [1.165, 1.54) is 31.8 Å². The van der Waals surface area contributed by atoms with Gasteiger partial charge in [0.05, 0.1) is 12.2 Å². The van der Waals surface area contributed by atoms with Gasteiger partial charge in [-0.2, -0.15) is 0 Å². The van der Waals surface area contributed by atoms with E-state index in [-0.39, 0.29) is 11.6 Å². The summed E-state index contributed by atoms with van der Waals surface area (Å²) in [4.78, 5) is 51.2. The maximum atomic E-state index is 12.3. The minimum atomic E-state index is -0.600. The summed E-state index contributed by atoms with van der Waals surface area (Å²) >= 11 is 0. The molecule has 2 aromatic heterocycles. The van der Waals surface area contributed by atoms with Crippen molar-refractivity contribution < 1.29 is 9.59 Å². The summed E-state index contributed by atoms with van der Waals surface area (Å²) in [5, 5.41) is 0. The quantitative estimate of drug-likeness (QED) is 0.699. The predicted molar refractivity (Wildman–Crippen MR) is 84.3 cm³/mol. The highest BCUT2D eigenvalue weighted by Crippen LogP contribution is 2.12. The number of hydrogen-bond donors (Lipinski definition) is 0. The van der Waals surface area contributed by atoms with Crippen LogP contribution in [0.5, 0.6) is 0 Å². The molecule has 0 spiro atoms. The molecule has 0 aliphatic rings. The van der Waals surface area contributed by atoms with Crippen LogP contribution in [0.4, 0.5) is 0 Å². The second-order valence-electron chi connectivity index (χ2n) is 5.73. The van der Waals surface area contributed by atoms with Crippen molar-refractivity contribution in [1.29, 1.82) is 0 Å². The van der Waals surface area contributed by atoms with Crippen LogP contribution < -0.4 is 11.2 Å². The number of rotatable bonds is 6. The Hall–Kier alpha value is -2.51. The van der Waals surface area contributed by atoms with Gasteiger partial charge in [0.15, 0.2) is 11.2 Å². The monoisotopic (exact) mass is 320 g/mol. The Bertz CT molecular complexity index is 873. The molecule has 0 saturated heterocycles. The molecule has 0 aliphatic carbocycles. The molecule has 0 unspecified atom stereocenters. The van der Waals surface area contributed by atoms with Crippen molar-refractivity contribution in [2.45, 2.75) is 33.2 Å². The second kappa shape index (κ2) is 6.31. The van der Waals surface area contributed by atoms with Gasteiger partial charge < -0.3 is 4.57 Å². The van der Waals surface area contributed by atoms with Crippen LogP contribution in [0.1, 0.15) is 26.7 Å². The fourth-order valence-corrected chi connectivity index (χ4v) is 2.73. The summed E-state index contributed by atoms with van der Waals surface area (Å²) in [5.74, 6) is -0.894. The third-order valence-electron chi connectivity index (χ3n) is 4.09. The van der Waals surface area contributed by atoms with E-state index < -0.39 is 17.2 Å². The summed E-state index contributed by atoms with van der Waals surface area (Å²) in [6.07, 6.45) is 2.49. The number of imidazole rings is 1. The molecule has 0 saturated carbocycles. The Labute approximate surface area is 132 Å². The Balaban J connectivity index is 2.29. The van der Waals surface area contributed by atoms with E-state index >= 15 is 0 Å². The summed E-state index contributed by atoms with van der Waals surface area (Å²) in [7, 11) is 2.98. The fraction of sp³-hybridized carbons (Fsp3) is 0.533. The van der Waals surface area contributed by atoms with E-state index in [0.717, 1.165) is 4.57 Å². The summed E-state index contributed by atoms with van der Waals surface area (Å²) in [6, 6.07) is 0. The van der Waals surface area contributed by atoms with Gasteiger partial charge in [-0.05, 0) is 26.7 Å². The zero-order chi connectivity index (χ0) is 17.3. The molecule has 124 valence electrons. The number of fused-ring (bicyclic) bond motifs is 1. The number of nitrogens with zero attached hydrogens (tertiary/aromatic N) is 4. The highest BCUT2D eigenvalue weighted by atomic mass is 16.2. The number of ketones is 2. The molecule has 2 aromatic rings. The number of hydrogen-bond acceptors (Lipinski definition) is 5. The van der Waals surface area contributed by atoms with Gasteiger partial charge in [-0.15, -0.1) is 0 Å². The standard InChI is InChI=1S/C15H20N4O4/c1-9(20)11(10(2)21)6-5-7-19-8-16-13-12(19)14(22)18(4)15(23)17(13)3/h8,11H,5-7H2,1-4H3. The zero-order valence-electron chi connectivity index (χ0n) is 13.7. The first-order chi connectivity index (χ1) is 10.8. The lowest BCUT2D eigenvalue weighted by molar-refractivity contribution is -0.130. The lowest BCUT2D eigenvalue weighted by Crippen LogP contribution is -2.37. The van der Waals surface area contributed by atoms with Crippen molar-refractivity contribution in [2.75, 3.05) is 0 Å². The van der Waals surface area contributed by atoms with E-state index in [2.05, 4.69) is 4.98 Å². The number of carbonyl (C=O) groups excluding carboxylic acids is 2. The summed E-state index contributed by atoms with van der Waals surface area (Å²) in [6.45, 7) is 3.26. The van der Waals surface area contributed by atoms with Crippen LogP contribution in [-0.2, 0) is 30.2 Å². The molecular formula is C15H20N4O4. The van der Waals surface area contributed by atoms with Gasteiger partial charge in [0, 0.05) is 20.6 Å². The molecule has 0 amide bonds. The number of aromatic nitrogens is 4. The average Bonchev–Trinajstić information content (AvgIpc) is 2.90. The Morgan fingerprint density at radius 1 is 1.13 bits per heavy atom. The van der Waals surface area contributed by atoms with Crippen LogP contribution in [0, 0.1) is 5.92 Å². The van der Waals surface area contributed by atoms with Crippen LogP contribution in [0.3, 0.4) is 0 Å². The van der Waals surface area contributed by atoms with E-state index in [1.54, 1.807) is 11.6 Å². The van der Waals surface area contributed by atoms with E-state index in [4.69, 9.17) is 0 Å². The van der Waals surface area contributed by atoms with E-state index in [0.29, 0.717) is 30.6 Å². The maximum absolute atomic E-state index is 12.3. The van der Waals surface area contributed by atoms with Gasteiger partial charge in [0.1, 0.15) is 11.6 Å². The van der Waals surface area contributed by atoms with Crippen LogP contribution in [0.15, 0.2) is 15.9 Å². The zero-order valence-corrected chi connectivity index (χ0v) is 13.7. The summed E-state index contributed by atoms with van der Waals surface area (Å²) in [5.41, 5.74) is -0.166. The molecule has 2 rings (SSSR count). The molecular weight excluding hydrogens is 300 g/mol. The van der Waals surface area contributed by atoms with Gasteiger partial charge >= 0.3 is 5.69 Å². The largest absolute Gasteiger partial charge is 0.332 e. The Morgan fingerprint density at radius 3 is 2.30 bits per heavy atom. The van der Waals surface area contributed by atoms with Crippen LogP contribution >= 0.6 is 0 Å². The average molecular weight is 320 g/mol. The van der Waals surface area contributed by atoms with Crippen molar-refractivity contribution >= 4 is 22.7 Å². The van der Waals surface area contributed by atoms with Crippen molar-refractivity contribution in [3.63, 3.8) is 0 Å². The lowest BCUT2D eigenvalue weighted by atomic mass is 9.95.